The van der Waals surface area contributed by atoms with Gasteiger partial charge in [0.15, 0.2) is 5.82 Å². The Kier molecular flexibility index (Phi) is 4.66. The largest absolute Gasteiger partial charge is 0.334 e. The standard InChI is InChI=1S/C16H18N6OS/c1-11-12(2)24-15(17-11)10-22-19-14(18-20-22)9-21(3)16(23)13-7-5-4-6-8-13/h4-8H,9-10H2,1-3H3. The Hall–Kier alpha value is -2.61. The molecule has 0 bridgehead atoms. The van der Waals surface area contributed by atoms with Crippen LogP contribution in [0, 0.1) is 13.8 Å². The number of amides is 1. The van der Waals surface area contributed by atoms with E-state index in [1.54, 1.807) is 35.4 Å². The van der Waals surface area contributed by atoms with Crippen LogP contribution in [0.5, 0.6) is 0 Å². The molecule has 2 aromatic heterocycles. The van der Waals surface area contributed by atoms with Gasteiger partial charge in [0.2, 0.25) is 0 Å². The first-order valence-corrected chi connectivity index (χ1v) is 8.34. The highest BCUT2D eigenvalue weighted by atomic mass is 32.1. The summed E-state index contributed by atoms with van der Waals surface area (Å²) >= 11 is 1.63. The van der Waals surface area contributed by atoms with E-state index in [1.807, 2.05) is 32.0 Å². The summed E-state index contributed by atoms with van der Waals surface area (Å²) in [6.45, 7) is 4.83. The molecule has 0 aliphatic rings. The summed E-state index contributed by atoms with van der Waals surface area (Å²) in [6, 6.07) is 9.14. The second-order valence-corrected chi connectivity index (χ2v) is 6.80. The van der Waals surface area contributed by atoms with Crippen molar-refractivity contribution in [3.8, 4) is 0 Å². The minimum absolute atomic E-state index is 0.0712. The third kappa shape index (κ3) is 3.65. The molecule has 7 nitrogen and oxygen atoms in total. The lowest BCUT2D eigenvalue weighted by molar-refractivity contribution is 0.0781. The summed E-state index contributed by atoms with van der Waals surface area (Å²) < 4.78 is 0. The molecule has 0 fully saturated rings. The van der Waals surface area contributed by atoms with Gasteiger partial charge in [-0.1, -0.05) is 18.2 Å². The number of hydrogen-bond donors (Lipinski definition) is 0. The third-order valence-electron chi connectivity index (χ3n) is 3.59. The van der Waals surface area contributed by atoms with Crippen LogP contribution in [0.1, 0.15) is 31.8 Å². The lowest BCUT2D eigenvalue weighted by atomic mass is 10.2. The number of nitrogens with zero attached hydrogens (tertiary/aromatic N) is 6. The maximum atomic E-state index is 12.3. The van der Waals surface area contributed by atoms with Gasteiger partial charge in [-0.3, -0.25) is 4.79 Å². The monoisotopic (exact) mass is 342 g/mol. The van der Waals surface area contributed by atoms with E-state index in [0.717, 1.165) is 10.7 Å². The quantitative estimate of drug-likeness (QED) is 0.709. The topological polar surface area (TPSA) is 76.8 Å². The van der Waals surface area contributed by atoms with Crippen molar-refractivity contribution < 1.29 is 4.79 Å². The molecule has 3 rings (SSSR count). The van der Waals surface area contributed by atoms with Gasteiger partial charge in [0, 0.05) is 17.5 Å². The molecule has 2 heterocycles. The average Bonchev–Trinajstić information content (AvgIpc) is 3.14. The van der Waals surface area contributed by atoms with E-state index >= 15 is 0 Å². The van der Waals surface area contributed by atoms with Gasteiger partial charge >= 0.3 is 0 Å². The SMILES string of the molecule is Cc1nc(Cn2nnc(CN(C)C(=O)c3ccccc3)n2)sc1C. The van der Waals surface area contributed by atoms with Gasteiger partial charge in [-0.25, -0.2) is 4.98 Å². The van der Waals surface area contributed by atoms with Gasteiger partial charge in [-0.15, -0.1) is 21.5 Å². The van der Waals surface area contributed by atoms with Crippen molar-refractivity contribution in [2.75, 3.05) is 7.05 Å². The zero-order valence-electron chi connectivity index (χ0n) is 13.8. The van der Waals surface area contributed by atoms with Crippen LogP contribution in [0.25, 0.3) is 0 Å². The average molecular weight is 342 g/mol. The second-order valence-electron chi connectivity index (χ2n) is 5.51. The van der Waals surface area contributed by atoms with Crippen LogP contribution < -0.4 is 0 Å². The van der Waals surface area contributed by atoms with Crippen molar-refractivity contribution in [2.24, 2.45) is 0 Å². The van der Waals surface area contributed by atoms with Crippen LogP contribution in [0.4, 0.5) is 0 Å². The Bertz CT molecular complexity index is 822. The van der Waals surface area contributed by atoms with E-state index in [4.69, 9.17) is 0 Å². The van der Waals surface area contributed by atoms with Crippen molar-refractivity contribution in [3.05, 3.63) is 57.3 Å². The fourth-order valence-corrected chi connectivity index (χ4v) is 3.13. The molecule has 0 aliphatic carbocycles. The number of benzene rings is 1. The summed E-state index contributed by atoms with van der Waals surface area (Å²) in [5.41, 5.74) is 1.67. The smallest absolute Gasteiger partial charge is 0.254 e. The molecule has 0 atom stereocenters. The fraction of sp³-hybridized carbons (Fsp3) is 0.312. The molecule has 0 N–H and O–H groups in total. The lowest BCUT2D eigenvalue weighted by Gasteiger charge is -2.14. The van der Waals surface area contributed by atoms with Crippen LogP contribution in [0.2, 0.25) is 0 Å². The summed E-state index contributed by atoms with van der Waals surface area (Å²) in [5, 5.41) is 13.3. The van der Waals surface area contributed by atoms with E-state index in [0.29, 0.717) is 24.5 Å². The normalized spacial score (nSPS) is 10.8. The number of carbonyl (C=O) groups is 1. The van der Waals surface area contributed by atoms with Crippen LogP contribution in [-0.2, 0) is 13.1 Å². The van der Waals surface area contributed by atoms with E-state index in [2.05, 4.69) is 20.4 Å². The Labute approximate surface area is 144 Å². The Morgan fingerprint density at radius 2 is 2.00 bits per heavy atom. The molecule has 0 saturated carbocycles. The van der Waals surface area contributed by atoms with E-state index in [-0.39, 0.29) is 5.91 Å². The fourth-order valence-electron chi connectivity index (χ4n) is 2.22. The number of carbonyl (C=O) groups excluding carboxylic acids is 1. The molecule has 3 aromatic rings. The molecule has 1 amide bonds. The lowest BCUT2D eigenvalue weighted by Crippen LogP contribution is -2.26. The maximum absolute atomic E-state index is 12.3. The molecule has 0 spiro atoms. The molecule has 0 unspecified atom stereocenters. The molecule has 0 radical (unpaired) electrons. The number of thiazole rings is 1. The summed E-state index contributed by atoms with van der Waals surface area (Å²) in [5.74, 6) is 0.435. The zero-order valence-corrected chi connectivity index (χ0v) is 14.6. The first-order chi connectivity index (χ1) is 11.5. The van der Waals surface area contributed by atoms with Crippen molar-refractivity contribution in [3.63, 3.8) is 0 Å². The van der Waals surface area contributed by atoms with E-state index in [9.17, 15) is 4.79 Å². The van der Waals surface area contributed by atoms with Gasteiger partial charge in [-0.05, 0) is 31.2 Å². The summed E-state index contributed by atoms with van der Waals surface area (Å²) in [4.78, 5) is 21.1. The molecule has 0 saturated heterocycles. The Morgan fingerprint density at radius 3 is 2.67 bits per heavy atom. The van der Waals surface area contributed by atoms with Crippen molar-refractivity contribution >= 4 is 17.2 Å². The molecule has 124 valence electrons. The van der Waals surface area contributed by atoms with Crippen molar-refractivity contribution in [1.82, 2.24) is 30.1 Å². The molecule has 0 aliphatic heterocycles. The number of aromatic nitrogens is 5. The first kappa shape index (κ1) is 16.3. The van der Waals surface area contributed by atoms with Gasteiger partial charge in [0.1, 0.15) is 11.6 Å². The van der Waals surface area contributed by atoms with Gasteiger partial charge in [-0.2, -0.15) is 4.80 Å². The van der Waals surface area contributed by atoms with Crippen LogP contribution >= 0.6 is 11.3 Å². The molecule has 8 heteroatoms. The minimum Gasteiger partial charge on any atom is -0.334 e. The number of rotatable bonds is 5. The third-order valence-corrected chi connectivity index (χ3v) is 4.65. The van der Waals surface area contributed by atoms with E-state index in [1.165, 1.54) is 9.67 Å². The predicted molar refractivity (Wildman–Crippen MR) is 90.7 cm³/mol. The van der Waals surface area contributed by atoms with Gasteiger partial charge in [0.05, 0.1) is 12.2 Å². The summed E-state index contributed by atoms with van der Waals surface area (Å²) in [6.07, 6.45) is 0. The molecular weight excluding hydrogens is 324 g/mol. The number of hydrogen-bond acceptors (Lipinski definition) is 6. The Balaban J connectivity index is 1.64. The molecule has 1 aromatic carbocycles. The van der Waals surface area contributed by atoms with Crippen LogP contribution in [0.15, 0.2) is 30.3 Å². The minimum atomic E-state index is -0.0712. The maximum Gasteiger partial charge on any atom is 0.254 e. The zero-order chi connectivity index (χ0) is 17.1. The van der Waals surface area contributed by atoms with Crippen LogP contribution in [-0.4, -0.2) is 43.0 Å². The van der Waals surface area contributed by atoms with Crippen LogP contribution in [0.3, 0.4) is 0 Å². The predicted octanol–water partition coefficient (Wildman–Crippen LogP) is 2.07. The first-order valence-electron chi connectivity index (χ1n) is 7.53. The highest BCUT2D eigenvalue weighted by molar-refractivity contribution is 7.11. The highest BCUT2D eigenvalue weighted by Gasteiger charge is 2.14. The van der Waals surface area contributed by atoms with Gasteiger partial charge < -0.3 is 4.90 Å². The second kappa shape index (κ2) is 6.88. The summed E-state index contributed by atoms with van der Waals surface area (Å²) in [7, 11) is 1.73. The number of aryl methyl sites for hydroxylation is 2. The highest BCUT2D eigenvalue weighted by Crippen LogP contribution is 2.16. The van der Waals surface area contributed by atoms with Gasteiger partial charge in [0.25, 0.3) is 5.91 Å². The molecular formula is C16H18N6OS. The molecule has 24 heavy (non-hydrogen) atoms. The number of tetrazole rings is 1. The van der Waals surface area contributed by atoms with Crippen molar-refractivity contribution in [2.45, 2.75) is 26.9 Å². The Morgan fingerprint density at radius 1 is 1.25 bits per heavy atom. The van der Waals surface area contributed by atoms with Crippen molar-refractivity contribution in [1.29, 1.82) is 0 Å². The van der Waals surface area contributed by atoms with E-state index < -0.39 is 0 Å².